The van der Waals surface area contributed by atoms with Gasteiger partial charge in [0.2, 0.25) is 0 Å². The van der Waals surface area contributed by atoms with Crippen LogP contribution in [0.15, 0.2) is 24.3 Å². The van der Waals surface area contributed by atoms with Crippen molar-refractivity contribution in [3.05, 3.63) is 30.0 Å². The van der Waals surface area contributed by atoms with Crippen molar-refractivity contribution in [1.82, 2.24) is 10.2 Å². The van der Waals surface area contributed by atoms with Crippen LogP contribution in [0.1, 0.15) is 5.69 Å². The Balaban J connectivity index is 1.95. The predicted molar refractivity (Wildman–Crippen MR) is 69.6 cm³/mol. The van der Waals surface area contributed by atoms with E-state index in [9.17, 15) is 13.2 Å². The van der Waals surface area contributed by atoms with E-state index in [0.29, 0.717) is 5.82 Å². The minimum atomic E-state index is -4.30. The number of halogens is 3. The maximum atomic E-state index is 11.9. The summed E-state index contributed by atoms with van der Waals surface area (Å²) in [6, 6.07) is 7.57. The Morgan fingerprint density at radius 2 is 1.85 bits per heavy atom. The molecular formula is C13H14F3N3O. The standard InChI is InChI=1S/C13H14F3N3O/c1-9-10-4-2-3-5-11(10)12(19-18-9)17-6-7-20-8-13(14,15)16/h2-5H,6-8H2,1H3,(H,17,19). The van der Waals surface area contributed by atoms with Crippen LogP contribution in [0.2, 0.25) is 0 Å². The van der Waals surface area contributed by atoms with Gasteiger partial charge in [-0.05, 0) is 6.92 Å². The molecule has 108 valence electrons. The monoisotopic (exact) mass is 285 g/mol. The summed E-state index contributed by atoms with van der Waals surface area (Å²) in [5.41, 5.74) is 0.805. The molecule has 2 aromatic rings. The first-order valence-corrected chi connectivity index (χ1v) is 6.08. The molecule has 1 heterocycles. The van der Waals surface area contributed by atoms with Crippen molar-refractivity contribution in [3.63, 3.8) is 0 Å². The van der Waals surface area contributed by atoms with Gasteiger partial charge in [-0.1, -0.05) is 24.3 Å². The highest BCUT2D eigenvalue weighted by atomic mass is 19.4. The van der Waals surface area contributed by atoms with Gasteiger partial charge >= 0.3 is 6.18 Å². The molecule has 7 heteroatoms. The molecule has 0 unspecified atom stereocenters. The van der Waals surface area contributed by atoms with Gasteiger partial charge in [0.15, 0.2) is 5.82 Å². The van der Waals surface area contributed by atoms with E-state index in [-0.39, 0.29) is 13.2 Å². The van der Waals surface area contributed by atoms with Crippen LogP contribution >= 0.6 is 0 Å². The Labute approximate surface area is 114 Å². The summed E-state index contributed by atoms with van der Waals surface area (Å²) in [6.45, 7) is 0.793. The highest BCUT2D eigenvalue weighted by molar-refractivity contribution is 5.92. The summed E-state index contributed by atoms with van der Waals surface area (Å²) >= 11 is 0. The topological polar surface area (TPSA) is 47.0 Å². The van der Waals surface area contributed by atoms with Crippen molar-refractivity contribution in [2.24, 2.45) is 0 Å². The number of nitrogens with one attached hydrogen (secondary N) is 1. The molecule has 0 bridgehead atoms. The number of aryl methyl sites for hydroxylation is 1. The zero-order valence-electron chi connectivity index (χ0n) is 10.9. The molecule has 0 fully saturated rings. The quantitative estimate of drug-likeness (QED) is 0.858. The van der Waals surface area contributed by atoms with E-state index in [0.717, 1.165) is 16.5 Å². The largest absolute Gasteiger partial charge is 0.411 e. The maximum absolute atomic E-state index is 11.9. The molecule has 0 atom stereocenters. The summed E-state index contributed by atoms with van der Waals surface area (Å²) < 4.78 is 40.2. The molecule has 2 rings (SSSR count). The van der Waals surface area contributed by atoms with Crippen molar-refractivity contribution in [1.29, 1.82) is 0 Å². The van der Waals surface area contributed by atoms with Crippen LogP contribution in [0.4, 0.5) is 19.0 Å². The number of nitrogens with zero attached hydrogens (tertiary/aromatic N) is 2. The van der Waals surface area contributed by atoms with Gasteiger partial charge < -0.3 is 10.1 Å². The summed E-state index contributed by atoms with van der Waals surface area (Å²) in [6.07, 6.45) is -4.30. The van der Waals surface area contributed by atoms with E-state index in [2.05, 4.69) is 20.3 Å². The third-order valence-corrected chi connectivity index (χ3v) is 2.68. The third-order valence-electron chi connectivity index (χ3n) is 2.68. The first-order chi connectivity index (χ1) is 9.47. The minimum Gasteiger partial charge on any atom is -0.370 e. The van der Waals surface area contributed by atoms with Crippen molar-refractivity contribution in [2.75, 3.05) is 25.1 Å². The van der Waals surface area contributed by atoms with Crippen LogP contribution in [0.5, 0.6) is 0 Å². The number of fused-ring (bicyclic) bond motifs is 1. The van der Waals surface area contributed by atoms with Crippen molar-refractivity contribution in [2.45, 2.75) is 13.1 Å². The van der Waals surface area contributed by atoms with Crippen molar-refractivity contribution < 1.29 is 17.9 Å². The summed E-state index contributed by atoms with van der Waals surface area (Å²) in [5, 5.41) is 12.8. The Hall–Kier alpha value is -1.89. The first-order valence-electron chi connectivity index (χ1n) is 6.08. The number of alkyl halides is 3. The van der Waals surface area contributed by atoms with Gasteiger partial charge in [0, 0.05) is 17.3 Å². The van der Waals surface area contributed by atoms with Crippen LogP contribution in [-0.4, -0.2) is 36.1 Å². The average Bonchev–Trinajstić information content (AvgIpc) is 2.40. The predicted octanol–water partition coefficient (Wildman–Crippen LogP) is 2.93. The van der Waals surface area contributed by atoms with Gasteiger partial charge in [0.1, 0.15) is 6.61 Å². The van der Waals surface area contributed by atoms with E-state index >= 15 is 0 Å². The normalized spacial score (nSPS) is 11.8. The fourth-order valence-electron chi connectivity index (χ4n) is 1.80. The van der Waals surface area contributed by atoms with Crippen molar-refractivity contribution in [3.8, 4) is 0 Å². The minimum absolute atomic E-state index is 0.0522. The Kier molecular flexibility index (Phi) is 4.39. The molecule has 20 heavy (non-hydrogen) atoms. The number of hydrogen-bond donors (Lipinski definition) is 1. The molecule has 0 aliphatic rings. The molecule has 0 saturated heterocycles. The molecule has 1 N–H and O–H groups in total. The Bertz CT molecular complexity index is 587. The number of benzene rings is 1. The molecular weight excluding hydrogens is 271 g/mol. The molecule has 1 aromatic heterocycles. The lowest BCUT2D eigenvalue weighted by molar-refractivity contribution is -0.172. The zero-order chi connectivity index (χ0) is 14.6. The SMILES string of the molecule is Cc1nnc(NCCOCC(F)(F)F)c2ccccc12. The molecule has 0 aliphatic heterocycles. The third kappa shape index (κ3) is 3.80. The van der Waals surface area contributed by atoms with Gasteiger partial charge in [-0.2, -0.15) is 18.3 Å². The number of aromatic nitrogens is 2. The van der Waals surface area contributed by atoms with Gasteiger partial charge in [-0.15, -0.1) is 5.10 Å². The van der Waals surface area contributed by atoms with E-state index in [1.807, 2.05) is 31.2 Å². The van der Waals surface area contributed by atoms with E-state index in [4.69, 9.17) is 0 Å². The second-order valence-electron chi connectivity index (χ2n) is 4.27. The number of hydrogen-bond acceptors (Lipinski definition) is 4. The fourth-order valence-corrected chi connectivity index (χ4v) is 1.80. The molecule has 0 spiro atoms. The molecule has 0 aliphatic carbocycles. The van der Waals surface area contributed by atoms with E-state index in [1.54, 1.807) is 0 Å². The van der Waals surface area contributed by atoms with Gasteiger partial charge in [0.25, 0.3) is 0 Å². The molecule has 0 radical (unpaired) electrons. The van der Waals surface area contributed by atoms with Crippen LogP contribution in [0.3, 0.4) is 0 Å². The Morgan fingerprint density at radius 1 is 1.15 bits per heavy atom. The number of rotatable bonds is 5. The highest BCUT2D eigenvalue weighted by Gasteiger charge is 2.27. The summed E-state index contributed by atoms with van der Waals surface area (Å²) in [7, 11) is 0. The van der Waals surface area contributed by atoms with Crippen LogP contribution in [0, 0.1) is 6.92 Å². The van der Waals surface area contributed by atoms with Crippen LogP contribution in [0.25, 0.3) is 10.8 Å². The number of anilines is 1. The molecule has 0 amide bonds. The Morgan fingerprint density at radius 3 is 2.55 bits per heavy atom. The number of ether oxygens (including phenoxy) is 1. The first kappa shape index (κ1) is 14.5. The van der Waals surface area contributed by atoms with E-state index in [1.165, 1.54) is 0 Å². The van der Waals surface area contributed by atoms with Gasteiger partial charge in [-0.3, -0.25) is 0 Å². The van der Waals surface area contributed by atoms with Crippen molar-refractivity contribution >= 4 is 16.6 Å². The summed E-state index contributed by atoms with van der Waals surface area (Å²) in [5.74, 6) is 0.543. The second-order valence-corrected chi connectivity index (χ2v) is 4.27. The zero-order valence-corrected chi connectivity index (χ0v) is 10.9. The second kappa shape index (κ2) is 6.04. The maximum Gasteiger partial charge on any atom is 0.411 e. The molecule has 0 saturated carbocycles. The lowest BCUT2D eigenvalue weighted by Crippen LogP contribution is -2.20. The van der Waals surface area contributed by atoms with E-state index < -0.39 is 12.8 Å². The highest BCUT2D eigenvalue weighted by Crippen LogP contribution is 2.22. The van der Waals surface area contributed by atoms with Gasteiger partial charge in [0.05, 0.1) is 12.3 Å². The molecule has 1 aromatic carbocycles. The smallest absolute Gasteiger partial charge is 0.370 e. The fraction of sp³-hybridized carbons (Fsp3) is 0.385. The summed E-state index contributed by atoms with van der Waals surface area (Å²) in [4.78, 5) is 0. The van der Waals surface area contributed by atoms with Gasteiger partial charge in [-0.25, -0.2) is 0 Å². The van der Waals surface area contributed by atoms with Crippen LogP contribution in [-0.2, 0) is 4.74 Å². The molecule has 4 nitrogen and oxygen atoms in total. The average molecular weight is 285 g/mol. The lowest BCUT2D eigenvalue weighted by Gasteiger charge is -2.10. The lowest BCUT2D eigenvalue weighted by atomic mass is 10.1. The van der Waals surface area contributed by atoms with Crippen LogP contribution < -0.4 is 5.32 Å².